The number of hydrogen-bond acceptors (Lipinski definition) is 2. The van der Waals surface area contributed by atoms with Crippen LogP contribution in [0.4, 0.5) is 0 Å². The molecule has 0 aromatic heterocycles. The SMILES string of the molecule is C=CCNC(=O)[C@@H]1[C@@H](C(=O)NCC=C)[C@H]2C=C[C@@H]1C2. The van der Waals surface area contributed by atoms with E-state index in [-0.39, 0.29) is 35.5 Å². The minimum Gasteiger partial charge on any atom is -0.352 e. The van der Waals surface area contributed by atoms with Gasteiger partial charge in [-0.05, 0) is 18.3 Å². The van der Waals surface area contributed by atoms with Crippen LogP contribution in [0.25, 0.3) is 0 Å². The Hall–Kier alpha value is -1.84. The monoisotopic (exact) mass is 260 g/mol. The van der Waals surface area contributed by atoms with Crippen LogP contribution in [0.5, 0.6) is 0 Å². The highest BCUT2D eigenvalue weighted by molar-refractivity contribution is 5.89. The van der Waals surface area contributed by atoms with Gasteiger partial charge in [0, 0.05) is 13.1 Å². The van der Waals surface area contributed by atoms with Gasteiger partial charge in [0.1, 0.15) is 0 Å². The van der Waals surface area contributed by atoms with Crippen molar-refractivity contribution in [2.24, 2.45) is 23.7 Å². The maximum absolute atomic E-state index is 12.2. The number of rotatable bonds is 6. The average Bonchev–Trinajstić information content (AvgIpc) is 3.02. The Balaban J connectivity index is 2.08. The first-order valence-corrected chi connectivity index (χ1v) is 6.64. The van der Waals surface area contributed by atoms with Crippen LogP contribution in [-0.2, 0) is 9.59 Å². The van der Waals surface area contributed by atoms with Crippen molar-refractivity contribution in [3.63, 3.8) is 0 Å². The van der Waals surface area contributed by atoms with E-state index in [1.165, 1.54) is 0 Å². The molecule has 4 nitrogen and oxygen atoms in total. The molecule has 1 fully saturated rings. The molecule has 2 N–H and O–H groups in total. The summed E-state index contributed by atoms with van der Waals surface area (Å²) in [6, 6.07) is 0. The molecule has 0 spiro atoms. The predicted molar refractivity (Wildman–Crippen MR) is 74.1 cm³/mol. The second-order valence-electron chi connectivity index (χ2n) is 5.07. The van der Waals surface area contributed by atoms with E-state index in [2.05, 4.69) is 35.9 Å². The number of carbonyl (C=O) groups excluding carboxylic acids is 2. The summed E-state index contributed by atoms with van der Waals surface area (Å²) >= 11 is 0. The van der Waals surface area contributed by atoms with Crippen LogP contribution in [0.2, 0.25) is 0 Å². The van der Waals surface area contributed by atoms with Gasteiger partial charge in [-0.1, -0.05) is 24.3 Å². The lowest BCUT2D eigenvalue weighted by Crippen LogP contribution is -2.44. The van der Waals surface area contributed by atoms with Crippen LogP contribution in [-0.4, -0.2) is 24.9 Å². The molecule has 4 heteroatoms. The van der Waals surface area contributed by atoms with Gasteiger partial charge in [-0.25, -0.2) is 0 Å². The van der Waals surface area contributed by atoms with Crippen molar-refractivity contribution in [3.05, 3.63) is 37.5 Å². The van der Waals surface area contributed by atoms with Crippen molar-refractivity contribution >= 4 is 11.8 Å². The lowest BCUT2D eigenvalue weighted by molar-refractivity contribution is -0.135. The average molecular weight is 260 g/mol. The van der Waals surface area contributed by atoms with Crippen LogP contribution >= 0.6 is 0 Å². The number of hydrogen-bond donors (Lipinski definition) is 2. The lowest BCUT2D eigenvalue weighted by atomic mass is 9.81. The zero-order valence-corrected chi connectivity index (χ0v) is 11.0. The van der Waals surface area contributed by atoms with Crippen molar-refractivity contribution in [2.75, 3.05) is 13.1 Å². The Labute approximate surface area is 113 Å². The predicted octanol–water partition coefficient (Wildman–Crippen LogP) is 1.03. The standard InChI is InChI=1S/C15H20N2O2/c1-3-7-16-14(18)12-10-5-6-11(9-10)13(12)15(19)17-8-4-2/h3-6,10-13H,1-2,7-9H2,(H,16,18)(H,17,19)/t10-,11+,12-,13-/m0/s1. The van der Waals surface area contributed by atoms with E-state index in [4.69, 9.17) is 0 Å². The molecule has 0 aromatic carbocycles. The molecule has 0 unspecified atom stereocenters. The normalized spacial score (nSPS) is 30.9. The Bertz CT molecular complexity index is 390. The molecule has 0 aliphatic heterocycles. The topological polar surface area (TPSA) is 58.2 Å². The maximum atomic E-state index is 12.2. The highest BCUT2D eigenvalue weighted by Gasteiger charge is 2.51. The summed E-state index contributed by atoms with van der Waals surface area (Å²) in [6.45, 7) is 8.05. The fourth-order valence-corrected chi connectivity index (χ4v) is 3.12. The first-order chi connectivity index (χ1) is 9.19. The van der Waals surface area contributed by atoms with Crippen LogP contribution in [0, 0.1) is 23.7 Å². The van der Waals surface area contributed by atoms with E-state index < -0.39 is 0 Å². The largest absolute Gasteiger partial charge is 0.352 e. The molecular formula is C15H20N2O2. The summed E-state index contributed by atoms with van der Waals surface area (Å²) in [5, 5.41) is 5.62. The molecule has 2 aliphatic carbocycles. The van der Waals surface area contributed by atoms with Crippen molar-refractivity contribution in [2.45, 2.75) is 6.42 Å². The Morgan fingerprint density at radius 3 is 1.79 bits per heavy atom. The Kier molecular flexibility index (Phi) is 4.20. The highest BCUT2D eigenvalue weighted by atomic mass is 16.2. The quantitative estimate of drug-likeness (QED) is 0.701. The third-order valence-corrected chi connectivity index (χ3v) is 3.91. The summed E-state index contributed by atoms with van der Waals surface area (Å²) < 4.78 is 0. The van der Waals surface area contributed by atoms with Crippen LogP contribution < -0.4 is 10.6 Å². The minimum absolute atomic E-state index is 0.0458. The first-order valence-electron chi connectivity index (χ1n) is 6.64. The second-order valence-corrected chi connectivity index (χ2v) is 5.07. The first kappa shape index (κ1) is 13.6. The van der Waals surface area contributed by atoms with Crippen molar-refractivity contribution < 1.29 is 9.59 Å². The maximum Gasteiger partial charge on any atom is 0.224 e. The molecule has 2 rings (SSSR count). The van der Waals surface area contributed by atoms with E-state index in [1.807, 2.05) is 0 Å². The van der Waals surface area contributed by atoms with Gasteiger partial charge in [-0.2, -0.15) is 0 Å². The molecule has 0 saturated heterocycles. The van der Waals surface area contributed by atoms with Gasteiger partial charge in [-0.3, -0.25) is 9.59 Å². The van der Waals surface area contributed by atoms with E-state index in [1.54, 1.807) is 12.2 Å². The molecule has 0 heterocycles. The van der Waals surface area contributed by atoms with Crippen molar-refractivity contribution in [1.29, 1.82) is 0 Å². The number of amides is 2. The van der Waals surface area contributed by atoms with Crippen molar-refractivity contribution in [1.82, 2.24) is 10.6 Å². The summed E-state index contributed by atoms with van der Waals surface area (Å²) in [5.41, 5.74) is 0. The smallest absolute Gasteiger partial charge is 0.224 e. The van der Waals surface area contributed by atoms with Crippen LogP contribution in [0.3, 0.4) is 0 Å². The van der Waals surface area contributed by atoms with Crippen LogP contribution in [0.15, 0.2) is 37.5 Å². The molecular weight excluding hydrogens is 240 g/mol. The molecule has 2 aliphatic rings. The van der Waals surface area contributed by atoms with Crippen LogP contribution in [0.1, 0.15) is 6.42 Å². The fraction of sp³-hybridized carbons (Fsp3) is 0.467. The number of allylic oxidation sites excluding steroid dienone is 2. The lowest BCUT2D eigenvalue weighted by Gasteiger charge is -2.26. The van der Waals surface area contributed by atoms with E-state index in [0.717, 1.165) is 6.42 Å². The van der Waals surface area contributed by atoms with Gasteiger partial charge in [0.05, 0.1) is 11.8 Å². The van der Waals surface area contributed by atoms with E-state index in [0.29, 0.717) is 13.1 Å². The number of nitrogens with one attached hydrogen (secondary N) is 2. The zero-order chi connectivity index (χ0) is 13.8. The molecule has 4 atom stereocenters. The molecule has 1 saturated carbocycles. The van der Waals surface area contributed by atoms with Gasteiger partial charge >= 0.3 is 0 Å². The Morgan fingerprint density at radius 2 is 1.42 bits per heavy atom. The van der Waals surface area contributed by atoms with Crippen molar-refractivity contribution in [3.8, 4) is 0 Å². The van der Waals surface area contributed by atoms with Gasteiger partial charge in [0.25, 0.3) is 0 Å². The third kappa shape index (κ3) is 2.62. The zero-order valence-electron chi connectivity index (χ0n) is 11.0. The molecule has 2 amide bonds. The summed E-state index contributed by atoms with van der Waals surface area (Å²) in [5.74, 6) is -0.214. The van der Waals surface area contributed by atoms with Gasteiger partial charge in [0.15, 0.2) is 0 Å². The molecule has 19 heavy (non-hydrogen) atoms. The number of fused-ring (bicyclic) bond motifs is 2. The molecule has 0 radical (unpaired) electrons. The highest BCUT2D eigenvalue weighted by Crippen LogP contribution is 2.48. The number of carbonyl (C=O) groups is 2. The van der Waals surface area contributed by atoms with Gasteiger partial charge in [-0.15, -0.1) is 13.2 Å². The second kappa shape index (κ2) is 5.87. The van der Waals surface area contributed by atoms with Gasteiger partial charge in [0.2, 0.25) is 11.8 Å². The molecule has 0 aromatic rings. The van der Waals surface area contributed by atoms with E-state index in [9.17, 15) is 9.59 Å². The molecule has 102 valence electrons. The molecule has 2 bridgehead atoms. The minimum atomic E-state index is -0.250. The van der Waals surface area contributed by atoms with E-state index >= 15 is 0 Å². The van der Waals surface area contributed by atoms with Gasteiger partial charge < -0.3 is 10.6 Å². The Morgan fingerprint density at radius 1 is 1.00 bits per heavy atom. The summed E-state index contributed by atoms with van der Waals surface area (Å²) in [4.78, 5) is 24.4. The third-order valence-electron chi connectivity index (χ3n) is 3.91. The summed E-state index contributed by atoms with van der Waals surface area (Å²) in [7, 11) is 0. The fourth-order valence-electron chi connectivity index (χ4n) is 3.12. The summed E-state index contributed by atoms with van der Waals surface area (Å²) in [6.07, 6.45) is 8.33.